The van der Waals surface area contributed by atoms with Crippen LogP contribution < -0.4 is 10.0 Å². The number of amides is 1. The zero-order chi connectivity index (χ0) is 17.6. The molecule has 0 fully saturated rings. The van der Waals surface area contributed by atoms with Gasteiger partial charge in [-0.05, 0) is 24.6 Å². The van der Waals surface area contributed by atoms with Gasteiger partial charge in [-0.1, -0.05) is 42.5 Å². The molecule has 0 aromatic heterocycles. The minimum atomic E-state index is -3.93. The quantitative estimate of drug-likeness (QED) is 0.834. The van der Waals surface area contributed by atoms with E-state index in [0.717, 1.165) is 5.56 Å². The summed E-state index contributed by atoms with van der Waals surface area (Å²) in [6, 6.07) is 16.8. The molecule has 124 valence electrons. The molecule has 7 heteroatoms. The van der Waals surface area contributed by atoms with Gasteiger partial charge in [-0.3, -0.25) is 4.79 Å². The van der Waals surface area contributed by atoms with E-state index in [1.807, 2.05) is 43.3 Å². The summed E-state index contributed by atoms with van der Waals surface area (Å²) in [6.45, 7) is 1.41. The second-order valence-electron chi connectivity index (χ2n) is 5.13. The van der Waals surface area contributed by atoms with Gasteiger partial charge in [0.2, 0.25) is 15.9 Å². The van der Waals surface area contributed by atoms with Gasteiger partial charge in [0.05, 0.1) is 23.0 Å². The van der Waals surface area contributed by atoms with Crippen molar-refractivity contribution in [1.82, 2.24) is 10.0 Å². The lowest BCUT2D eigenvalue weighted by Gasteiger charge is -2.14. The normalized spacial score (nSPS) is 12.2. The van der Waals surface area contributed by atoms with E-state index >= 15 is 0 Å². The Labute approximate surface area is 141 Å². The van der Waals surface area contributed by atoms with E-state index in [0.29, 0.717) is 0 Å². The second kappa shape index (κ2) is 7.73. The van der Waals surface area contributed by atoms with Gasteiger partial charge in [0.15, 0.2) is 0 Å². The third kappa shape index (κ3) is 4.41. The van der Waals surface area contributed by atoms with Gasteiger partial charge in [0.1, 0.15) is 6.07 Å². The Hall–Kier alpha value is -2.69. The van der Waals surface area contributed by atoms with Crippen molar-refractivity contribution in [2.24, 2.45) is 0 Å². The Kier molecular flexibility index (Phi) is 5.68. The number of rotatable bonds is 6. The van der Waals surface area contributed by atoms with Crippen LogP contribution in [-0.4, -0.2) is 20.9 Å². The van der Waals surface area contributed by atoms with E-state index in [2.05, 4.69) is 10.0 Å². The smallest absolute Gasteiger partial charge is 0.242 e. The second-order valence-corrected chi connectivity index (χ2v) is 6.87. The monoisotopic (exact) mass is 343 g/mol. The van der Waals surface area contributed by atoms with Gasteiger partial charge in [-0.25, -0.2) is 13.1 Å². The fraction of sp³-hybridized carbons (Fsp3) is 0.176. The molecule has 1 atom stereocenters. The number of carbonyl (C=O) groups is 1. The number of hydrogen-bond acceptors (Lipinski definition) is 4. The molecular weight excluding hydrogens is 326 g/mol. The zero-order valence-corrected chi connectivity index (χ0v) is 13.9. The first-order valence-electron chi connectivity index (χ1n) is 7.27. The van der Waals surface area contributed by atoms with Gasteiger partial charge in [0.25, 0.3) is 0 Å². The molecule has 2 aromatic carbocycles. The van der Waals surface area contributed by atoms with E-state index in [-0.39, 0.29) is 16.5 Å². The highest BCUT2D eigenvalue weighted by Crippen LogP contribution is 2.14. The highest BCUT2D eigenvalue weighted by molar-refractivity contribution is 7.89. The molecule has 0 saturated carbocycles. The molecule has 0 aliphatic heterocycles. The van der Waals surface area contributed by atoms with Gasteiger partial charge < -0.3 is 5.32 Å². The predicted octanol–water partition coefficient (Wildman–Crippen LogP) is 1.71. The topological polar surface area (TPSA) is 99.1 Å². The highest BCUT2D eigenvalue weighted by atomic mass is 32.2. The summed E-state index contributed by atoms with van der Waals surface area (Å²) < 4.78 is 26.7. The fourth-order valence-electron chi connectivity index (χ4n) is 2.15. The molecule has 2 rings (SSSR count). The number of nitriles is 1. The van der Waals surface area contributed by atoms with Crippen LogP contribution in [0.4, 0.5) is 0 Å². The van der Waals surface area contributed by atoms with Crippen molar-refractivity contribution in [2.75, 3.05) is 6.54 Å². The Morgan fingerprint density at radius 3 is 2.42 bits per heavy atom. The molecule has 6 nitrogen and oxygen atoms in total. The number of nitrogens with one attached hydrogen (secondary N) is 2. The van der Waals surface area contributed by atoms with Crippen molar-refractivity contribution in [3.05, 3.63) is 65.7 Å². The summed E-state index contributed by atoms with van der Waals surface area (Å²) in [5.41, 5.74) is 0.951. The molecular formula is C17H17N3O3S. The standard InChI is InChI=1S/C17H17N3O3S/c1-13(14-7-3-2-4-8-14)20-17(21)12-19-24(22,23)16-10-6-5-9-15(16)11-18/h2-10,13,19H,12H2,1H3,(H,20,21)/t13-/m1/s1. The van der Waals surface area contributed by atoms with E-state index in [1.54, 1.807) is 6.07 Å². The van der Waals surface area contributed by atoms with Crippen molar-refractivity contribution in [3.63, 3.8) is 0 Å². The number of benzene rings is 2. The fourth-order valence-corrected chi connectivity index (χ4v) is 3.29. The van der Waals surface area contributed by atoms with Crippen LogP contribution in [0.15, 0.2) is 59.5 Å². The Balaban J connectivity index is 2.00. The van der Waals surface area contributed by atoms with Crippen LogP contribution in [-0.2, 0) is 14.8 Å². The van der Waals surface area contributed by atoms with Gasteiger partial charge in [0, 0.05) is 0 Å². The average molecular weight is 343 g/mol. The number of sulfonamides is 1. The summed E-state index contributed by atoms with van der Waals surface area (Å²) in [7, 11) is -3.93. The third-order valence-corrected chi connectivity index (χ3v) is 4.86. The van der Waals surface area contributed by atoms with Crippen LogP contribution in [0.1, 0.15) is 24.1 Å². The lowest BCUT2D eigenvalue weighted by atomic mass is 10.1. The summed E-state index contributed by atoms with van der Waals surface area (Å²) >= 11 is 0. The van der Waals surface area contributed by atoms with Crippen molar-refractivity contribution in [1.29, 1.82) is 5.26 Å². The summed E-state index contributed by atoms with van der Waals surface area (Å²) in [4.78, 5) is 11.8. The SMILES string of the molecule is C[C@@H](NC(=O)CNS(=O)(=O)c1ccccc1C#N)c1ccccc1. The van der Waals surface area contributed by atoms with Crippen molar-refractivity contribution in [3.8, 4) is 6.07 Å². The molecule has 0 bridgehead atoms. The maximum Gasteiger partial charge on any atom is 0.242 e. The van der Waals surface area contributed by atoms with Gasteiger partial charge >= 0.3 is 0 Å². The molecule has 1 amide bonds. The highest BCUT2D eigenvalue weighted by Gasteiger charge is 2.19. The molecule has 0 unspecified atom stereocenters. The first-order chi connectivity index (χ1) is 11.4. The number of hydrogen-bond donors (Lipinski definition) is 2. The Bertz CT molecular complexity index is 858. The Morgan fingerprint density at radius 1 is 1.12 bits per heavy atom. The number of nitrogens with zero attached hydrogens (tertiary/aromatic N) is 1. The average Bonchev–Trinajstić information content (AvgIpc) is 2.60. The zero-order valence-electron chi connectivity index (χ0n) is 13.1. The predicted molar refractivity (Wildman–Crippen MR) is 89.3 cm³/mol. The summed E-state index contributed by atoms with van der Waals surface area (Å²) in [5.74, 6) is -0.454. The summed E-state index contributed by atoms with van der Waals surface area (Å²) in [5, 5.41) is 11.7. The maximum atomic E-state index is 12.2. The van der Waals surface area contributed by atoms with Crippen LogP contribution in [0.3, 0.4) is 0 Å². The van der Waals surface area contributed by atoms with E-state index in [4.69, 9.17) is 5.26 Å². The largest absolute Gasteiger partial charge is 0.348 e. The van der Waals surface area contributed by atoms with Crippen molar-refractivity contribution < 1.29 is 13.2 Å². The molecule has 0 radical (unpaired) electrons. The van der Waals surface area contributed by atoms with E-state index in [1.165, 1.54) is 18.2 Å². The number of carbonyl (C=O) groups excluding carboxylic acids is 1. The van der Waals surface area contributed by atoms with Crippen molar-refractivity contribution >= 4 is 15.9 Å². The minimum Gasteiger partial charge on any atom is -0.348 e. The van der Waals surface area contributed by atoms with Gasteiger partial charge in [-0.2, -0.15) is 5.26 Å². The first kappa shape index (κ1) is 17.7. The molecule has 2 N–H and O–H groups in total. The van der Waals surface area contributed by atoms with Crippen LogP contribution in [0.2, 0.25) is 0 Å². The van der Waals surface area contributed by atoms with Crippen molar-refractivity contribution in [2.45, 2.75) is 17.9 Å². The maximum absolute atomic E-state index is 12.2. The van der Waals surface area contributed by atoms with E-state index in [9.17, 15) is 13.2 Å². The van der Waals surface area contributed by atoms with Crippen LogP contribution >= 0.6 is 0 Å². The lowest BCUT2D eigenvalue weighted by molar-refractivity contribution is -0.120. The van der Waals surface area contributed by atoms with Crippen LogP contribution in [0, 0.1) is 11.3 Å². The van der Waals surface area contributed by atoms with E-state index < -0.39 is 22.5 Å². The first-order valence-corrected chi connectivity index (χ1v) is 8.75. The summed E-state index contributed by atoms with van der Waals surface area (Å²) in [6.07, 6.45) is 0. The molecule has 0 saturated heterocycles. The molecule has 0 spiro atoms. The minimum absolute atomic E-state index is 0.0306. The third-order valence-electron chi connectivity index (χ3n) is 3.40. The molecule has 0 aliphatic carbocycles. The Morgan fingerprint density at radius 2 is 1.75 bits per heavy atom. The van der Waals surface area contributed by atoms with Crippen LogP contribution in [0.25, 0.3) is 0 Å². The molecule has 0 heterocycles. The molecule has 0 aliphatic rings. The van der Waals surface area contributed by atoms with Gasteiger partial charge in [-0.15, -0.1) is 0 Å². The lowest BCUT2D eigenvalue weighted by Crippen LogP contribution is -2.38. The molecule has 2 aromatic rings. The molecule has 24 heavy (non-hydrogen) atoms. The van der Waals surface area contributed by atoms with Crippen LogP contribution in [0.5, 0.6) is 0 Å².